The second-order valence-electron chi connectivity index (χ2n) is 4.70. The summed E-state index contributed by atoms with van der Waals surface area (Å²) in [6.07, 6.45) is 7.65. The van der Waals surface area contributed by atoms with Crippen LogP contribution in [0.5, 0.6) is 0 Å². The lowest BCUT2D eigenvalue weighted by Gasteiger charge is -2.40. The fraction of sp³-hybridized carbons (Fsp3) is 0.714. The standard InChI is InChI=1S/C14H22N2O/c1-3-5-11-16(10-4-2)14(12-15)8-6-13(17)7-9-14/h3,5H,4,6-11H2,1-2H3. The predicted molar refractivity (Wildman–Crippen MR) is 68.5 cm³/mol. The van der Waals surface area contributed by atoms with Crippen molar-refractivity contribution >= 4 is 5.78 Å². The molecule has 17 heavy (non-hydrogen) atoms. The van der Waals surface area contributed by atoms with Crippen molar-refractivity contribution in [2.24, 2.45) is 0 Å². The third-order valence-electron chi connectivity index (χ3n) is 3.50. The molecule has 0 spiro atoms. The van der Waals surface area contributed by atoms with Gasteiger partial charge in [0, 0.05) is 19.4 Å². The van der Waals surface area contributed by atoms with E-state index in [9.17, 15) is 10.1 Å². The van der Waals surface area contributed by atoms with Gasteiger partial charge in [-0.25, -0.2) is 0 Å². The molecule has 0 aliphatic heterocycles. The predicted octanol–water partition coefficient (Wildman–Crippen LogP) is 2.68. The van der Waals surface area contributed by atoms with Crippen LogP contribution in [-0.4, -0.2) is 29.3 Å². The van der Waals surface area contributed by atoms with Crippen LogP contribution < -0.4 is 0 Å². The van der Waals surface area contributed by atoms with Crippen molar-refractivity contribution in [3.63, 3.8) is 0 Å². The van der Waals surface area contributed by atoms with Crippen LogP contribution >= 0.6 is 0 Å². The Balaban J connectivity index is 2.80. The van der Waals surface area contributed by atoms with Crippen LogP contribution in [0.4, 0.5) is 0 Å². The molecule has 0 aromatic rings. The van der Waals surface area contributed by atoms with E-state index in [1.165, 1.54) is 0 Å². The highest BCUT2D eigenvalue weighted by Gasteiger charge is 2.39. The lowest BCUT2D eigenvalue weighted by Crippen LogP contribution is -2.50. The van der Waals surface area contributed by atoms with Gasteiger partial charge in [0.05, 0.1) is 6.07 Å². The van der Waals surface area contributed by atoms with Gasteiger partial charge in [-0.05, 0) is 32.7 Å². The van der Waals surface area contributed by atoms with Crippen LogP contribution in [0.3, 0.4) is 0 Å². The molecule has 0 saturated heterocycles. The van der Waals surface area contributed by atoms with E-state index in [0.29, 0.717) is 31.5 Å². The number of Topliss-reactive ketones (excluding diaryl/α,β-unsaturated/α-hetero) is 1. The molecule has 0 N–H and O–H groups in total. The largest absolute Gasteiger partial charge is 0.300 e. The number of hydrogen-bond acceptors (Lipinski definition) is 3. The van der Waals surface area contributed by atoms with Crippen LogP contribution in [0, 0.1) is 11.3 Å². The van der Waals surface area contributed by atoms with Crippen molar-refractivity contribution in [1.82, 2.24) is 4.90 Å². The maximum atomic E-state index is 11.3. The highest BCUT2D eigenvalue weighted by Crippen LogP contribution is 2.31. The van der Waals surface area contributed by atoms with Crippen molar-refractivity contribution in [3.8, 4) is 6.07 Å². The Morgan fingerprint density at radius 2 is 2.12 bits per heavy atom. The van der Waals surface area contributed by atoms with E-state index >= 15 is 0 Å². The molecule has 0 heterocycles. The molecule has 3 heteroatoms. The smallest absolute Gasteiger partial charge is 0.133 e. The molecule has 0 bridgehead atoms. The summed E-state index contributed by atoms with van der Waals surface area (Å²) in [5.74, 6) is 0.304. The van der Waals surface area contributed by atoms with Gasteiger partial charge in [-0.1, -0.05) is 19.1 Å². The van der Waals surface area contributed by atoms with Gasteiger partial charge in [-0.15, -0.1) is 0 Å². The van der Waals surface area contributed by atoms with Gasteiger partial charge in [-0.3, -0.25) is 9.69 Å². The van der Waals surface area contributed by atoms with E-state index in [1.807, 2.05) is 13.0 Å². The lowest BCUT2D eigenvalue weighted by atomic mass is 9.80. The number of carbonyl (C=O) groups is 1. The molecule has 0 radical (unpaired) electrons. The molecule has 1 rings (SSSR count). The Hall–Kier alpha value is -1.14. The fourth-order valence-electron chi connectivity index (χ4n) is 2.42. The highest BCUT2D eigenvalue weighted by molar-refractivity contribution is 5.79. The molecule has 0 aromatic heterocycles. The average molecular weight is 234 g/mol. The Labute approximate surface area is 104 Å². The van der Waals surface area contributed by atoms with Crippen LogP contribution in [0.25, 0.3) is 0 Å². The first-order valence-corrected chi connectivity index (χ1v) is 6.47. The Bertz CT molecular complexity index is 318. The van der Waals surface area contributed by atoms with E-state index in [2.05, 4.69) is 24.0 Å². The molecule has 0 atom stereocenters. The molecule has 0 unspecified atom stereocenters. The summed E-state index contributed by atoms with van der Waals surface area (Å²) in [5, 5.41) is 9.50. The van der Waals surface area contributed by atoms with Gasteiger partial charge in [0.15, 0.2) is 0 Å². The average Bonchev–Trinajstić information content (AvgIpc) is 2.36. The molecule has 0 aromatic carbocycles. The minimum absolute atomic E-state index is 0.304. The summed E-state index contributed by atoms with van der Waals surface area (Å²) in [5.41, 5.74) is -0.413. The Kier molecular flexibility index (Phi) is 5.37. The first kappa shape index (κ1) is 13.9. The minimum Gasteiger partial charge on any atom is -0.300 e. The summed E-state index contributed by atoms with van der Waals surface area (Å²) in [6, 6.07) is 2.47. The maximum Gasteiger partial charge on any atom is 0.133 e. The minimum atomic E-state index is -0.413. The first-order valence-electron chi connectivity index (χ1n) is 6.47. The van der Waals surface area contributed by atoms with E-state index in [0.717, 1.165) is 19.5 Å². The summed E-state index contributed by atoms with van der Waals surface area (Å²) in [4.78, 5) is 13.6. The second kappa shape index (κ2) is 6.56. The van der Waals surface area contributed by atoms with Crippen LogP contribution in [-0.2, 0) is 4.79 Å². The van der Waals surface area contributed by atoms with E-state index < -0.39 is 5.54 Å². The molecule has 94 valence electrons. The van der Waals surface area contributed by atoms with Gasteiger partial charge >= 0.3 is 0 Å². The summed E-state index contributed by atoms with van der Waals surface area (Å²) in [7, 11) is 0. The molecule has 1 saturated carbocycles. The number of allylic oxidation sites excluding steroid dienone is 1. The molecule has 1 fully saturated rings. The molecule has 3 nitrogen and oxygen atoms in total. The third-order valence-corrected chi connectivity index (χ3v) is 3.50. The number of nitriles is 1. The molecular formula is C14H22N2O. The SMILES string of the molecule is CC=CCN(CCC)C1(C#N)CCC(=O)CC1. The van der Waals surface area contributed by atoms with Gasteiger partial charge in [0.2, 0.25) is 0 Å². The zero-order valence-corrected chi connectivity index (χ0v) is 10.9. The summed E-state index contributed by atoms with van der Waals surface area (Å²) < 4.78 is 0. The van der Waals surface area contributed by atoms with E-state index in [1.54, 1.807) is 0 Å². The zero-order chi connectivity index (χ0) is 12.7. The second-order valence-corrected chi connectivity index (χ2v) is 4.70. The van der Waals surface area contributed by atoms with Crippen molar-refractivity contribution in [3.05, 3.63) is 12.2 Å². The Morgan fingerprint density at radius 1 is 1.47 bits per heavy atom. The monoisotopic (exact) mass is 234 g/mol. The Morgan fingerprint density at radius 3 is 2.59 bits per heavy atom. The van der Waals surface area contributed by atoms with Crippen molar-refractivity contribution in [1.29, 1.82) is 5.26 Å². The highest BCUT2D eigenvalue weighted by atomic mass is 16.1. The lowest BCUT2D eigenvalue weighted by molar-refractivity contribution is -0.122. The van der Waals surface area contributed by atoms with Gasteiger partial charge < -0.3 is 0 Å². The van der Waals surface area contributed by atoms with Gasteiger partial charge in [0.25, 0.3) is 0 Å². The molecule has 1 aliphatic rings. The number of rotatable bonds is 5. The van der Waals surface area contributed by atoms with Crippen molar-refractivity contribution < 1.29 is 4.79 Å². The summed E-state index contributed by atoms with van der Waals surface area (Å²) in [6.45, 7) is 5.85. The zero-order valence-electron chi connectivity index (χ0n) is 10.9. The van der Waals surface area contributed by atoms with Crippen molar-refractivity contribution in [2.75, 3.05) is 13.1 Å². The van der Waals surface area contributed by atoms with Crippen LogP contribution in [0.1, 0.15) is 46.0 Å². The van der Waals surface area contributed by atoms with Gasteiger partial charge in [0.1, 0.15) is 11.3 Å². The number of hydrogen-bond donors (Lipinski definition) is 0. The molecular weight excluding hydrogens is 212 g/mol. The number of ketones is 1. The summed E-state index contributed by atoms with van der Waals surface area (Å²) >= 11 is 0. The topological polar surface area (TPSA) is 44.1 Å². The van der Waals surface area contributed by atoms with Crippen LogP contribution in [0.15, 0.2) is 12.2 Å². The first-order chi connectivity index (χ1) is 8.18. The number of carbonyl (C=O) groups excluding carboxylic acids is 1. The van der Waals surface area contributed by atoms with Crippen LogP contribution in [0.2, 0.25) is 0 Å². The number of nitrogens with zero attached hydrogens (tertiary/aromatic N) is 2. The van der Waals surface area contributed by atoms with E-state index in [4.69, 9.17) is 0 Å². The van der Waals surface area contributed by atoms with E-state index in [-0.39, 0.29) is 0 Å². The van der Waals surface area contributed by atoms with Gasteiger partial charge in [-0.2, -0.15) is 5.26 Å². The quantitative estimate of drug-likeness (QED) is 0.687. The maximum absolute atomic E-state index is 11.3. The molecule has 0 amide bonds. The fourth-order valence-corrected chi connectivity index (χ4v) is 2.42. The normalized spacial score (nSPS) is 19.8. The molecule has 1 aliphatic carbocycles. The van der Waals surface area contributed by atoms with Crippen molar-refractivity contribution in [2.45, 2.75) is 51.5 Å². The third kappa shape index (κ3) is 3.41.